The maximum atomic E-state index is 4.78. The van der Waals surface area contributed by atoms with Crippen molar-refractivity contribution in [3.05, 3.63) is 48.9 Å². The molecular formula is C25H30N8. The summed E-state index contributed by atoms with van der Waals surface area (Å²) in [6, 6.07) is 11.1. The van der Waals surface area contributed by atoms with Crippen LogP contribution in [0.4, 0.5) is 5.95 Å². The van der Waals surface area contributed by atoms with E-state index in [0.29, 0.717) is 12.0 Å². The normalized spacial score (nSPS) is 22.7. The van der Waals surface area contributed by atoms with Gasteiger partial charge in [0.05, 0.1) is 28.4 Å². The van der Waals surface area contributed by atoms with Crippen molar-refractivity contribution >= 4 is 22.5 Å². The zero-order chi connectivity index (χ0) is 22.2. The van der Waals surface area contributed by atoms with Gasteiger partial charge in [-0.15, -0.1) is 5.10 Å². The van der Waals surface area contributed by atoms with E-state index < -0.39 is 0 Å². The van der Waals surface area contributed by atoms with E-state index in [1.54, 1.807) is 6.20 Å². The third-order valence-corrected chi connectivity index (χ3v) is 7.23. The molecule has 0 bridgehead atoms. The number of nitrogens with one attached hydrogen (secondary N) is 1. The Bertz CT molecular complexity index is 1250. The van der Waals surface area contributed by atoms with Gasteiger partial charge in [-0.05, 0) is 63.1 Å². The minimum atomic E-state index is 0.441. The van der Waals surface area contributed by atoms with Crippen molar-refractivity contribution in [2.24, 2.45) is 0 Å². The second-order valence-electron chi connectivity index (χ2n) is 9.37. The standard InChI is InChI=1S/C25H30N8/c1-31-13-15-32(16-14-31)19-6-4-18(5-7-19)28-25-27-17-24-20(10-12-33(24)30-25)21-8-9-22-23(29-21)3-2-11-26-22/h2-3,8-12,17-19H,4-7,13-16H2,1H3,(H,28,30). The number of anilines is 1. The van der Waals surface area contributed by atoms with E-state index >= 15 is 0 Å². The lowest BCUT2D eigenvalue weighted by Crippen LogP contribution is -2.50. The third kappa shape index (κ3) is 4.16. The Balaban J connectivity index is 1.13. The lowest BCUT2D eigenvalue weighted by atomic mass is 9.90. The van der Waals surface area contributed by atoms with Crippen LogP contribution in [0.15, 0.2) is 48.9 Å². The van der Waals surface area contributed by atoms with Crippen LogP contribution in [0.5, 0.6) is 0 Å². The summed E-state index contributed by atoms with van der Waals surface area (Å²) in [7, 11) is 2.22. The van der Waals surface area contributed by atoms with Crippen molar-refractivity contribution < 1.29 is 0 Å². The summed E-state index contributed by atoms with van der Waals surface area (Å²) in [6.45, 7) is 4.79. The van der Waals surface area contributed by atoms with Gasteiger partial charge in [0.2, 0.25) is 5.95 Å². The molecule has 6 rings (SSSR count). The molecule has 0 radical (unpaired) electrons. The fourth-order valence-electron chi connectivity index (χ4n) is 5.24. The number of aromatic nitrogens is 5. The molecule has 2 fully saturated rings. The second-order valence-corrected chi connectivity index (χ2v) is 9.37. The highest BCUT2D eigenvalue weighted by atomic mass is 15.3. The predicted octanol–water partition coefficient (Wildman–Crippen LogP) is 3.31. The van der Waals surface area contributed by atoms with E-state index in [4.69, 9.17) is 10.1 Å². The van der Waals surface area contributed by atoms with Crippen molar-refractivity contribution in [2.75, 3.05) is 38.5 Å². The molecule has 1 aliphatic heterocycles. The highest BCUT2D eigenvalue weighted by molar-refractivity contribution is 5.83. The van der Waals surface area contributed by atoms with Crippen molar-refractivity contribution in [1.29, 1.82) is 0 Å². The van der Waals surface area contributed by atoms with Crippen LogP contribution >= 0.6 is 0 Å². The molecule has 0 aromatic carbocycles. The van der Waals surface area contributed by atoms with Crippen LogP contribution in [-0.2, 0) is 0 Å². The molecule has 33 heavy (non-hydrogen) atoms. The van der Waals surface area contributed by atoms with E-state index in [1.807, 2.05) is 41.2 Å². The maximum absolute atomic E-state index is 4.78. The minimum Gasteiger partial charge on any atom is -0.350 e. The number of rotatable bonds is 4. The number of hydrogen-bond donors (Lipinski definition) is 1. The highest BCUT2D eigenvalue weighted by Gasteiger charge is 2.28. The Morgan fingerprint density at radius 2 is 1.76 bits per heavy atom. The first-order valence-electron chi connectivity index (χ1n) is 12.0. The summed E-state index contributed by atoms with van der Waals surface area (Å²) in [5.41, 5.74) is 4.68. The molecule has 8 nitrogen and oxygen atoms in total. The molecule has 1 aliphatic carbocycles. The summed E-state index contributed by atoms with van der Waals surface area (Å²) in [5, 5.41) is 8.32. The van der Waals surface area contributed by atoms with Gasteiger partial charge in [0.25, 0.3) is 0 Å². The first-order chi connectivity index (χ1) is 16.2. The van der Waals surface area contributed by atoms with Crippen molar-refractivity contribution in [1.82, 2.24) is 34.4 Å². The topological polar surface area (TPSA) is 74.5 Å². The molecule has 1 saturated heterocycles. The second kappa shape index (κ2) is 8.68. The summed E-state index contributed by atoms with van der Waals surface area (Å²) >= 11 is 0. The first kappa shape index (κ1) is 20.5. The van der Waals surface area contributed by atoms with Crippen molar-refractivity contribution in [3.63, 3.8) is 0 Å². The zero-order valence-electron chi connectivity index (χ0n) is 19.1. The van der Waals surface area contributed by atoms with Crippen molar-refractivity contribution in [2.45, 2.75) is 37.8 Å². The summed E-state index contributed by atoms with van der Waals surface area (Å²) in [5.74, 6) is 0.698. The molecule has 0 atom stereocenters. The predicted molar refractivity (Wildman–Crippen MR) is 130 cm³/mol. The van der Waals surface area contributed by atoms with E-state index in [9.17, 15) is 0 Å². The minimum absolute atomic E-state index is 0.441. The molecule has 170 valence electrons. The smallest absolute Gasteiger partial charge is 0.241 e. The molecule has 4 aromatic heterocycles. The van der Waals surface area contributed by atoms with E-state index in [-0.39, 0.29) is 0 Å². The average Bonchev–Trinajstić information content (AvgIpc) is 3.28. The van der Waals surface area contributed by atoms with Crippen LogP contribution < -0.4 is 5.32 Å². The fourth-order valence-corrected chi connectivity index (χ4v) is 5.24. The molecule has 0 amide bonds. The Labute approximate surface area is 193 Å². The molecule has 5 heterocycles. The number of pyridine rings is 2. The number of piperazine rings is 1. The Morgan fingerprint density at radius 3 is 2.61 bits per heavy atom. The maximum Gasteiger partial charge on any atom is 0.241 e. The molecule has 0 unspecified atom stereocenters. The Morgan fingerprint density at radius 1 is 0.909 bits per heavy atom. The number of hydrogen-bond acceptors (Lipinski definition) is 7. The lowest BCUT2D eigenvalue weighted by Gasteiger charge is -2.41. The Kier molecular flexibility index (Phi) is 5.39. The quantitative estimate of drug-likeness (QED) is 0.520. The van der Waals surface area contributed by atoms with Crippen molar-refractivity contribution in [3.8, 4) is 11.3 Å². The van der Waals surface area contributed by atoms with Crippen LogP contribution in [-0.4, -0.2) is 79.7 Å². The first-order valence-corrected chi connectivity index (χ1v) is 12.0. The number of likely N-dealkylation sites (N-methyl/N-ethyl adjacent to an activating group) is 1. The van der Waals surface area contributed by atoms with Gasteiger partial charge in [-0.1, -0.05) is 0 Å². The molecule has 1 saturated carbocycles. The molecule has 8 heteroatoms. The number of fused-ring (bicyclic) bond motifs is 2. The molecule has 1 N–H and O–H groups in total. The summed E-state index contributed by atoms with van der Waals surface area (Å²) < 4.78 is 1.90. The highest BCUT2D eigenvalue weighted by Crippen LogP contribution is 2.27. The molecular weight excluding hydrogens is 412 g/mol. The summed E-state index contributed by atoms with van der Waals surface area (Å²) in [6.07, 6.45) is 10.5. The number of nitrogens with zero attached hydrogens (tertiary/aromatic N) is 7. The average molecular weight is 443 g/mol. The monoisotopic (exact) mass is 442 g/mol. The van der Waals surface area contributed by atoms with Gasteiger partial charge in [0.1, 0.15) is 0 Å². The largest absolute Gasteiger partial charge is 0.350 e. The van der Waals surface area contributed by atoms with Gasteiger partial charge in [0.15, 0.2) is 0 Å². The van der Waals surface area contributed by atoms with Crippen LogP contribution in [0.25, 0.3) is 27.8 Å². The van der Waals surface area contributed by atoms with Crippen LogP contribution in [0.2, 0.25) is 0 Å². The van der Waals surface area contributed by atoms with Crippen LogP contribution in [0.3, 0.4) is 0 Å². The van der Waals surface area contributed by atoms with Crippen LogP contribution in [0, 0.1) is 0 Å². The molecule has 2 aliphatic rings. The molecule has 0 spiro atoms. The zero-order valence-corrected chi connectivity index (χ0v) is 19.1. The van der Waals surface area contributed by atoms with Gasteiger partial charge in [-0.3, -0.25) is 9.88 Å². The lowest BCUT2D eigenvalue weighted by molar-refractivity contribution is 0.0893. The van der Waals surface area contributed by atoms with Gasteiger partial charge in [-0.25, -0.2) is 14.5 Å². The fraction of sp³-hybridized carbons (Fsp3) is 0.440. The van der Waals surface area contributed by atoms with E-state index in [1.165, 1.54) is 51.9 Å². The third-order valence-electron chi connectivity index (χ3n) is 7.23. The van der Waals surface area contributed by atoms with Gasteiger partial charge >= 0.3 is 0 Å². The van der Waals surface area contributed by atoms with E-state index in [0.717, 1.165) is 33.8 Å². The van der Waals surface area contributed by atoms with Crippen LogP contribution in [0.1, 0.15) is 25.7 Å². The Hall–Kier alpha value is -3.10. The van der Waals surface area contributed by atoms with Gasteiger partial charge < -0.3 is 10.2 Å². The summed E-state index contributed by atoms with van der Waals surface area (Å²) in [4.78, 5) is 18.9. The van der Waals surface area contributed by atoms with Gasteiger partial charge in [0, 0.05) is 56.2 Å². The van der Waals surface area contributed by atoms with Gasteiger partial charge in [-0.2, -0.15) is 0 Å². The van der Waals surface area contributed by atoms with E-state index in [2.05, 4.69) is 38.2 Å². The SMILES string of the molecule is CN1CCN(C2CCC(Nc3ncc4c(-c5ccc6ncccc6n5)ccn4n3)CC2)CC1. The molecule has 4 aromatic rings.